The van der Waals surface area contributed by atoms with Gasteiger partial charge in [-0.15, -0.1) is 4.98 Å². The lowest BCUT2D eigenvalue weighted by Crippen LogP contribution is -2.33. The number of benzene rings is 2. The number of aromatic nitrogens is 1. The van der Waals surface area contributed by atoms with Crippen molar-refractivity contribution in [3.63, 3.8) is 0 Å². The molecule has 3 aromatic rings. The van der Waals surface area contributed by atoms with Crippen LogP contribution in [-0.4, -0.2) is 54.8 Å². The molecule has 1 atom stereocenters. The summed E-state index contributed by atoms with van der Waals surface area (Å²) in [4.78, 5) is 41.3. The molecule has 2 amide bonds. The predicted octanol–water partition coefficient (Wildman–Crippen LogP) is 4.89. The van der Waals surface area contributed by atoms with E-state index in [1.54, 1.807) is 30.3 Å². The second-order valence-electron chi connectivity index (χ2n) is 9.03. The summed E-state index contributed by atoms with van der Waals surface area (Å²) in [6.07, 6.45) is -3.62. The number of carbonyl (C=O) groups is 3. The maximum absolute atomic E-state index is 13.5. The van der Waals surface area contributed by atoms with Crippen LogP contribution in [-0.2, 0) is 30.8 Å². The molecule has 4 N–H and O–H groups in total. The van der Waals surface area contributed by atoms with Gasteiger partial charge < -0.3 is 30.6 Å². The Morgan fingerprint density at radius 2 is 1.73 bits per heavy atom. The molecule has 240 valence electrons. The van der Waals surface area contributed by atoms with Crippen LogP contribution in [0.4, 0.5) is 30.4 Å². The van der Waals surface area contributed by atoms with Gasteiger partial charge in [-0.25, -0.2) is 13.2 Å². The van der Waals surface area contributed by atoms with E-state index in [-0.39, 0.29) is 28.9 Å². The molecule has 0 saturated heterocycles. The van der Waals surface area contributed by atoms with Gasteiger partial charge in [-0.2, -0.15) is 13.2 Å². The molecule has 0 aliphatic carbocycles. The number of hydrogen-bond donors (Lipinski definition) is 4. The Morgan fingerprint density at radius 1 is 1.07 bits per heavy atom. The number of amides is 2. The van der Waals surface area contributed by atoms with Crippen LogP contribution in [0.5, 0.6) is 5.75 Å². The molecule has 12 nitrogen and oxygen atoms in total. The molecule has 2 aromatic carbocycles. The van der Waals surface area contributed by atoms with E-state index in [0.29, 0.717) is 34.9 Å². The predicted molar refractivity (Wildman–Crippen MR) is 158 cm³/mol. The van der Waals surface area contributed by atoms with E-state index >= 15 is 0 Å². The summed E-state index contributed by atoms with van der Waals surface area (Å²) in [7, 11) is -3.59. The summed E-state index contributed by atoms with van der Waals surface area (Å²) >= 11 is 0. The van der Waals surface area contributed by atoms with Crippen molar-refractivity contribution in [1.82, 2.24) is 10.3 Å². The quantitative estimate of drug-likeness (QED) is 0.212. The fourth-order valence-electron chi connectivity index (χ4n) is 3.70. The minimum Gasteiger partial charge on any atom is -0.494 e. The van der Waals surface area contributed by atoms with Crippen LogP contribution in [0.25, 0.3) is 4.85 Å². The zero-order valence-corrected chi connectivity index (χ0v) is 25.1. The Kier molecular flexibility index (Phi) is 12.9. The maximum Gasteiger partial charge on any atom is 0.490 e. The van der Waals surface area contributed by atoms with Crippen LogP contribution in [0.2, 0.25) is 0 Å². The number of hydrogen-bond acceptors (Lipinski definition) is 8. The molecule has 0 saturated carbocycles. The fraction of sp³-hybridized carbons (Fsp3) is 0.276. The van der Waals surface area contributed by atoms with Crippen molar-refractivity contribution < 1.29 is 45.8 Å². The average molecular weight is 650 g/mol. The van der Waals surface area contributed by atoms with E-state index in [1.807, 2.05) is 6.92 Å². The highest BCUT2D eigenvalue weighted by Crippen LogP contribution is 2.26. The molecule has 0 spiro atoms. The number of ether oxygens (including phenoxy) is 1. The lowest BCUT2D eigenvalue weighted by Gasteiger charge is -2.21. The van der Waals surface area contributed by atoms with E-state index in [9.17, 15) is 31.2 Å². The molecule has 16 heteroatoms. The second-order valence-corrected chi connectivity index (χ2v) is 11.3. The van der Waals surface area contributed by atoms with E-state index in [4.69, 9.17) is 21.2 Å². The standard InChI is InChI=1S/C27H29N5O5S.C2HF3O2/c1-5-37-23-9-7-8-19(15-23)26(32-22-11-13-25(28-4)29-17-22)27(34)30-16-20-14-21(31-18(3)33)10-12-24(20)38(35,36)6-2;3-2(4,5)1(6)7/h7-15,17,26,32H,5-6,16H2,1-3H3,(H,30,34)(H,31,33);(H,6,7). The van der Waals surface area contributed by atoms with Gasteiger partial charge in [0.2, 0.25) is 11.8 Å². The van der Waals surface area contributed by atoms with E-state index in [1.165, 1.54) is 44.3 Å². The van der Waals surface area contributed by atoms with E-state index in [0.717, 1.165) is 0 Å². The van der Waals surface area contributed by atoms with Gasteiger partial charge in [-0.05, 0) is 60.5 Å². The average Bonchev–Trinajstić information content (AvgIpc) is 2.98. The van der Waals surface area contributed by atoms with Crippen LogP contribution in [0, 0.1) is 6.57 Å². The van der Waals surface area contributed by atoms with Gasteiger partial charge in [0.25, 0.3) is 5.82 Å². The third-order valence-corrected chi connectivity index (χ3v) is 7.56. The highest BCUT2D eigenvalue weighted by atomic mass is 32.2. The van der Waals surface area contributed by atoms with Gasteiger partial charge in [0.1, 0.15) is 18.0 Å². The largest absolute Gasteiger partial charge is 0.494 e. The monoisotopic (exact) mass is 649 g/mol. The highest BCUT2D eigenvalue weighted by molar-refractivity contribution is 7.91. The number of carboxylic acid groups (broad SMARTS) is 1. The number of anilines is 2. The van der Waals surface area contributed by atoms with Crippen molar-refractivity contribution in [2.24, 2.45) is 0 Å². The van der Waals surface area contributed by atoms with Crippen molar-refractivity contribution in [3.8, 4) is 5.75 Å². The third-order valence-electron chi connectivity index (χ3n) is 5.73. The van der Waals surface area contributed by atoms with Crippen LogP contribution in [0.15, 0.2) is 65.7 Å². The van der Waals surface area contributed by atoms with Crippen molar-refractivity contribution in [2.75, 3.05) is 23.0 Å². The molecule has 3 rings (SSSR count). The summed E-state index contributed by atoms with van der Waals surface area (Å²) < 4.78 is 62.7. The number of halogens is 3. The molecule has 0 fully saturated rings. The smallest absolute Gasteiger partial charge is 0.490 e. The molecular formula is C29H30F3N5O7S. The highest BCUT2D eigenvalue weighted by Gasteiger charge is 2.38. The summed E-state index contributed by atoms with van der Waals surface area (Å²) in [6, 6.07) is 13.8. The molecule has 1 heterocycles. The van der Waals surface area contributed by atoms with Gasteiger partial charge in [0, 0.05) is 19.2 Å². The van der Waals surface area contributed by atoms with Gasteiger partial charge in [-0.1, -0.05) is 25.6 Å². The van der Waals surface area contributed by atoms with E-state index in [2.05, 4.69) is 25.8 Å². The Labute approximate surface area is 257 Å². The molecule has 0 aliphatic heterocycles. The summed E-state index contributed by atoms with van der Waals surface area (Å²) in [5, 5.41) is 15.7. The maximum atomic E-state index is 13.5. The first-order valence-electron chi connectivity index (χ1n) is 13.1. The topological polar surface area (TPSA) is 168 Å². The van der Waals surface area contributed by atoms with Crippen LogP contribution < -0.4 is 20.7 Å². The zero-order valence-electron chi connectivity index (χ0n) is 24.3. The zero-order chi connectivity index (χ0) is 33.8. The van der Waals surface area contributed by atoms with Gasteiger partial charge in [0.05, 0.1) is 22.9 Å². The van der Waals surface area contributed by atoms with Crippen LogP contribution in [0.1, 0.15) is 37.9 Å². The molecule has 1 aromatic heterocycles. The Hall–Kier alpha value is -5.17. The first kappa shape index (κ1) is 36.0. The molecule has 0 aliphatic rings. The molecule has 1 unspecified atom stereocenters. The van der Waals surface area contributed by atoms with Gasteiger partial charge in [0.15, 0.2) is 9.84 Å². The number of carboxylic acids is 1. The Bertz CT molecular complexity index is 1660. The number of nitrogens with one attached hydrogen (secondary N) is 3. The van der Waals surface area contributed by atoms with Crippen molar-refractivity contribution >= 4 is 44.8 Å². The SMILES string of the molecule is O=C(O)C(F)(F)F.[C-]#[N+]c1ccc(NC(C(=O)NCc2cc(NC(C)=O)ccc2S(=O)(=O)CC)c2cccc(OCC)c2)cn1. The Morgan fingerprint density at radius 3 is 2.27 bits per heavy atom. The first-order valence-corrected chi connectivity index (χ1v) is 14.8. The molecule has 45 heavy (non-hydrogen) atoms. The number of alkyl halides is 3. The summed E-state index contributed by atoms with van der Waals surface area (Å²) in [6.45, 7) is 12.2. The summed E-state index contributed by atoms with van der Waals surface area (Å²) in [5.74, 6) is -2.80. The van der Waals surface area contributed by atoms with Crippen LogP contribution in [0.3, 0.4) is 0 Å². The van der Waals surface area contributed by atoms with Gasteiger partial charge >= 0.3 is 12.1 Å². The molecule has 0 radical (unpaired) electrons. The minimum atomic E-state index is -5.08. The fourth-order valence-corrected chi connectivity index (χ4v) is 4.81. The lowest BCUT2D eigenvalue weighted by molar-refractivity contribution is -0.192. The number of sulfone groups is 1. The number of rotatable bonds is 11. The van der Waals surface area contributed by atoms with Crippen molar-refractivity contribution in [3.05, 3.63) is 83.3 Å². The lowest BCUT2D eigenvalue weighted by atomic mass is 10.0. The normalized spacial score (nSPS) is 11.6. The molecular weight excluding hydrogens is 619 g/mol. The minimum absolute atomic E-state index is 0.0798. The van der Waals surface area contributed by atoms with Crippen LogP contribution >= 0.6 is 0 Å². The number of pyridine rings is 1. The second kappa shape index (κ2) is 16.1. The van der Waals surface area contributed by atoms with Crippen molar-refractivity contribution in [1.29, 1.82) is 0 Å². The van der Waals surface area contributed by atoms with Gasteiger partial charge in [-0.3, -0.25) is 9.59 Å². The van der Waals surface area contributed by atoms with Crippen molar-refractivity contribution in [2.45, 2.75) is 44.4 Å². The number of carbonyl (C=O) groups excluding carboxylic acids is 2. The first-order chi connectivity index (χ1) is 21.1. The molecule has 0 bridgehead atoms. The number of nitrogens with zero attached hydrogens (tertiary/aromatic N) is 2. The Balaban J connectivity index is 0.000000900. The third kappa shape index (κ3) is 11.1. The van der Waals surface area contributed by atoms with E-state index < -0.39 is 33.9 Å². The summed E-state index contributed by atoms with van der Waals surface area (Å²) in [5.41, 5.74) is 1.88. The number of aliphatic carboxylic acids is 1.